The molecule has 6 nitrogen and oxygen atoms in total. The van der Waals surface area contributed by atoms with Gasteiger partial charge in [-0.05, 0) is 25.5 Å². The van der Waals surface area contributed by atoms with Crippen LogP contribution in [0.15, 0.2) is 36.5 Å². The summed E-state index contributed by atoms with van der Waals surface area (Å²) in [6.45, 7) is 4.01. The standard InChI is InChI=1S/C19H27N3O3/c1-3-4-7-11-19(2,18(24)25)22(21-13-14-23)17-10-12-20-16-9-6-5-8-15(16)17/h5-6,8-10,12,21,23H,3-4,7,11,13-14H2,1-2H3,(H,24,25). The van der Waals surface area contributed by atoms with Gasteiger partial charge in [-0.15, -0.1) is 0 Å². The summed E-state index contributed by atoms with van der Waals surface area (Å²) in [6, 6.07) is 9.46. The molecule has 0 amide bonds. The largest absolute Gasteiger partial charge is 0.479 e. The fourth-order valence-corrected chi connectivity index (χ4v) is 3.00. The number of aliphatic carboxylic acids is 1. The maximum atomic E-state index is 12.2. The van der Waals surface area contributed by atoms with E-state index in [2.05, 4.69) is 17.3 Å². The van der Waals surface area contributed by atoms with Gasteiger partial charge in [0.05, 0.1) is 17.8 Å². The zero-order valence-corrected chi connectivity index (χ0v) is 14.9. The van der Waals surface area contributed by atoms with Gasteiger partial charge in [0.25, 0.3) is 0 Å². The van der Waals surface area contributed by atoms with Crippen LogP contribution in [0.3, 0.4) is 0 Å². The number of aromatic nitrogens is 1. The molecule has 1 aromatic carbocycles. The molecule has 136 valence electrons. The second-order valence-electron chi connectivity index (χ2n) is 6.35. The Morgan fingerprint density at radius 1 is 1.28 bits per heavy atom. The van der Waals surface area contributed by atoms with E-state index in [1.807, 2.05) is 30.3 Å². The molecule has 2 aromatic rings. The third-order valence-electron chi connectivity index (χ3n) is 4.47. The van der Waals surface area contributed by atoms with Crippen LogP contribution in [0.1, 0.15) is 39.5 Å². The number of rotatable bonds is 10. The first-order chi connectivity index (χ1) is 12.0. The van der Waals surface area contributed by atoms with Crippen LogP contribution in [0.4, 0.5) is 5.69 Å². The molecule has 6 heteroatoms. The molecule has 1 atom stereocenters. The van der Waals surface area contributed by atoms with Gasteiger partial charge in [0.1, 0.15) is 0 Å². The fraction of sp³-hybridized carbons (Fsp3) is 0.474. The van der Waals surface area contributed by atoms with Crippen LogP contribution in [0.2, 0.25) is 0 Å². The van der Waals surface area contributed by atoms with E-state index >= 15 is 0 Å². The van der Waals surface area contributed by atoms with Gasteiger partial charge < -0.3 is 10.2 Å². The summed E-state index contributed by atoms with van der Waals surface area (Å²) in [7, 11) is 0. The molecule has 1 heterocycles. The summed E-state index contributed by atoms with van der Waals surface area (Å²) in [4.78, 5) is 16.5. The molecule has 1 aromatic heterocycles. The highest BCUT2D eigenvalue weighted by molar-refractivity contribution is 5.94. The average Bonchev–Trinajstić information content (AvgIpc) is 2.62. The van der Waals surface area contributed by atoms with Crippen molar-refractivity contribution in [1.82, 2.24) is 10.4 Å². The minimum Gasteiger partial charge on any atom is -0.479 e. The lowest BCUT2D eigenvalue weighted by Crippen LogP contribution is -2.59. The lowest BCUT2D eigenvalue weighted by atomic mass is 9.92. The molecular weight excluding hydrogens is 318 g/mol. The predicted octanol–water partition coefficient (Wildman–Crippen LogP) is 2.96. The highest BCUT2D eigenvalue weighted by atomic mass is 16.4. The molecule has 0 aliphatic heterocycles. The number of nitrogens with one attached hydrogen (secondary N) is 1. The molecule has 3 N–H and O–H groups in total. The number of hydrogen-bond acceptors (Lipinski definition) is 5. The molecule has 0 aliphatic rings. The number of fused-ring (bicyclic) bond motifs is 1. The van der Waals surface area contributed by atoms with Gasteiger partial charge in [0.2, 0.25) is 0 Å². The average molecular weight is 345 g/mol. The Labute approximate surface area is 148 Å². The predicted molar refractivity (Wildman–Crippen MR) is 99.5 cm³/mol. The van der Waals surface area contributed by atoms with Crippen LogP contribution in [-0.4, -0.2) is 39.9 Å². The number of hydrazine groups is 1. The molecule has 0 saturated heterocycles. The van der Waals surface area contributed by atoms with Gasteiger partial charge in [-0.25, -0.2) is 10.2 Å². The number of carboxylic acid groups (broad SMARTS) is 1. The summed E-state index contributed by atoms with van der Waals surface area (Å²) in [5.41, 5.74) is 3.52. The van der Waals surface area contributed by atoms with Crippen molar-refractivity contribution in [3.8, 4) is 0 Å². The number of aliphatic hydroxyl groups excluding tert-OH is 1. The van der Waals surface area contributed by atoms with Crippen molar-refractivity contribution in [3.63, 3.8) is 0 Å². The first kappa shape index (κ1) is 19.1. The molecule has 0 bridgehead atoms. The number of hydrogen-bond donors (Lipinski definition) is 3. The summed E-state index contributed by atoms with van der Waals surface area (Å²) < 4.78 is 0. The topological polar surface area (TPSA) is 85.7 Å². The Kier molecular flexibility index (Phi) is 6.73. The van der Waals surface area contributed by atoms with E-state index in [-0.39, 0.29) is 13.2 Å². The smallest absolute Gasteiger partial charge is 0.330 e. The van der Waals surface area contributed by atoms with Crippen LogP contribution >= 0.6 is 0 Å². The minimum atomic E-state index is -1.13. The molecule has 0 fully saturated rings. The van der Waals surface area contributed by atoms with Gasteiger partial charge in [-0.2, -0.15) is 0 Å². The molecule has 0 spiro atoms. The molecule has 1 unspecified atom stereocenters. The van der Waals surface area contributed by atoms with E-state index in [0.29, 0.717) is 6.42 Å². The van der Waals surface area contributed by atoms with E-state index in [1.54, 1.807) is 18.1 Å². The van der Waals surface area contributed by atoms with Gasteiger partial charge in [0.15, 0.2) is 5.54 Å². The number of aliphatic hydroxyl groups is 1. The first-order valence-electron chi connectivity index (χ1n) is 8.76. The molecule has 0 radical (unpaired) electrons. The van der Waals surface area contributed by atoms with Crippen molar-refractivity contribution in [2.24, 2.45) is 0 Å². The van der Waals surface area contributed by atoms with Crippen molar-refractivity contribution < 1.29 is 15.0 Å². The fourth-order valence-electron chi connectivity index (χ4n) is 3.00. The van der Waals surface area contributed by atoms with E-state index in [1.165, 1.54) is 0 Å². The van der Waals surface area contributed by atoms with Crippen molar-refractivity contribution in [3.05, 3.63) is 36.5 Å². The SMILES string of the molecule is CCCCCC(C)(C(=O)O)N(NCCO)c1ccnc2ccccc12. The number of carboxylic acids is 1. The third-order valence-corrected chi connectivity index (χ3v) is 4.47. The summed E-state index contributed by atoms with van der Waals surface area (Å²) in [5, 5.41) is 21.8. The normalized spacial score (nSPS) is 13.6. The summed E-state index contributed by atoms with van der Waals surface area (Å²) >= 11 is 0. The second-order valence-corrected chi connectivity index (χ2v) is 6.35. The Morgan fingerprint density at radius 3 is 2.72 bits per heavy atom. The lowest BCUT2D eigenvalue weighted by Gasteiger charge is -2.40. The van der Waals surface area contributed by atoms with E-state index in [4.69, 9.17) is 0 Å². The summed E-state index contributed by atoms with van der Waals surface area (Å²) in [6.07, 6.45) is 5.01. The quantitative estimate of drug-likeness (QED) is 0.453. The number of carbonyl (C=O) groups is 1. The zero-order valence-electron chi connectivity index (χ0n) is 14.9. The Balaban J connectivity index is 2.50. The molecule has 25 heavy (non-hydrogen) atoms. The number of nitrogens with zero attached hydrogens (tertiary/aromatic N) is 2. The lowest BCUT2D eigenvalue weighted by molar-refractivity contribution is -0.143. The highest BCUT2D eigenvalue weighted by Gasteiger charge is 2.40. The Bertz CT molecular complexity index is 702. The summed E-state index contributed by atoms with van der Waals surface area (Å²) in [5.74, 6) is -0.894. The number of para-hydroxylation sites is 1. The van der Waals surface area contributed by atoms with E-state index in [0.717, 1.165) is 35.9 Å². The Morgan fingerprint density at radius 2 is 2.04 bits per heavy atom. The number of pyridine rings is 1. The van der Waals surface area contributed by atoms with Gasteiger partial charge in [-0.1, -0.05) is 44.4 Å². The minimum absolute atomic E-state index is 0.0792. The maximum absolute atomic E-state index is 12.2. The van der Waals surface area contributed by atoms with Crippen molar-refractivity contribution in [2.45, 2.75) is 45.1 Å². The van der Waals surface area contributed by atoms with Crippen molar-refractivity contribution >= 4 is 22.6 Å². The van der Waals surface area contributed by atoms with Crippen LogP contribution in [0.5, 0.6) is 0 Å². The number of anilines is 1. The van der Waals surface area contributed by atoms with Crippen LogP contribution < -0.4 is 10.4 Å². The van der Waals surface area contributed by atoms with Crippen LogP contribution in [-0.2, 0) is 4.79 Å². The van der Waals surface area contributed by atoms with Gasteiger partial charge >= 0.3 is 5.97 Å². The highest BCUT2D eigenvalue weighted by Crippen LogP contribution is 2.32. The van der Waals surface area contributed by atoms with Crippen molar-refractivity contribution in [1.29, 1.82) is 0 Å². The molecule has 0 aliphatic carbocycles. The van der Waals surface area contributed by atoms with E-state index in [9.17, 15) is 15.0 Å². The first-order valence-corrected chi connectivity index (χ1v) is 8.76. The third kappa shape index (κ3) is 4.27. The molecular formula is C19H27N3O3. The second kappa shape index (κ2) is 8.78. The Hall–Kier alpha value is -2.18. The van der Waals surface area contributed by atoms with Crippen LogP contribution in [0, 0.1) is 0 Å². The van der Waals surface area contributed by atoms with E-state index < -0.39 is 11.5 Å². The van der Waals surface area contributed by atoms with Gasteiger partial charge in [0, 0.05) is 18.1 Å². The van der Waals surface area contributed by atoms with Gasteiger partial charge in [-0.3, -0.25) is 9.99 Å². The van der Waals surface area contributed by atoms with Crippen LogP contribution in [0.25, 0.3) is 10.9 Å². The maximum Gasteiger partial charge on any atom is 0.330 e. The monoisotopic (exact) mass is 345 g/mol. The molecule has 2 rings (SSSR count). The molecule has 0 saturated carbocycles. The van der Waals surface area contributed by atoms with Crippen molar-refractivity contribution in [2.75, 3.05) is 18.2 Å². The zero-order chi connectivity index (χ0) is 18.3. The number of unbranched alkanes of at least 4 members (excludes halogenated alkanes) is 2. The number of benzene rings is 1.